The lowest BCUT2D eigenvalue weighted by Crippen LogP contribution is -2.22. The van der Waals surface area contributed by atoms with Crippen molar-refractivity contribution in [1.29, 1.82) is 0 Å². The largest absolute Gasteiger partial charge is 0.350 e. The van der Waals surface area contributed by atoms with Gasteiger partial charge in [-0.1, -0.05) is 0 Å². The Morgan fingerprint density at radius 2 is 2.00 bits per heavy atom. The second-order valence-electron chi connectivity index (χ2n) is 3.01. The summed E-state index contributed by atoms with van der Waals surface area (Å²) in [6.45, 7) is 6.84. The van der Waals surface area contributed by atoms with Gasteiger partial charge >= 0.3 is 0 Å². The summed E-state index contributed by atoms with van der Waals surface area (Å²) in [6, 6.07) is 0. The van der Waals surface area contributed by atoms with Crippen LogP contribution >= 0.6 is 0 Å². The molecule has 0 aromatic carbocycles. The first-order chi connectivity index (χ1) is 4.68. The summed E-state index contributed by atoms with van der Waals surface area (Å²) in [5, 5.41) is 0. The standard InChI is InChI=1S/C8H16O2/c1-4-9-8(5-6-8)10-7(2)3/h7H,4-6H2,1-3H3. The van der Waals surface area contributed by atoms with E-state index in [0.29, 0.717) is 0 Å². The maximum Gasteiger partial charge on any atom is 0.169 e. The maximum atomic E-state index is 5.57. The molecule has 1 rings (SSSR count). The quantitative estimate of drug-likeness (QED) is 0.561. The van der Waals surface area contributed by atoms with Gasteiger partial charge in [0.1, 0.15) is 0 Å². The highest BCUT2D eigenvalue weighted by Crippen LogP contribution is 2.41. The summed E-state index contributed by atoms with van der Waals surface area (Å²) in [5.74, 6) is -0.178. The molecule has 0 spiro atoms. The van der Waals surface area contributed by atoms with Gasteiger partial charge in [-0.25, -0.2) is 0 Å². The minimum Gasteiger partial charge on any atom is -0.350 e. The zero-order valence-electron chi connectivity index (χ0n) is 7.02. The van der Waals surface area contributed by atoms with Crippen LogP contribution in [0, 0.1) is 0 Å². The molecule has 0 aromatic rings. The second-order valence-corrected chi connectivity index (χ2v) is 3.01. The number of ether oxygens (including phenoxy) is 2. The lowest BCUT2D eigenvalue weighted by atomic mass is 10.5. The number of rotatable bonds is 4. The highest BCUT2D eigenvalue weighted by molar-refractivity contribution is 4.86. The zero-order chi connectivity index (χ0) is 7.61. The predicted octanol–water partition coefficient (Wildman–Crippen LogP) is 1.94. The molecule has 0 heterocycles. The van der Waals surface area contributed by atoms with Gasteiger partial charge in [-0.3, -0.25) is 0 Å². The van der Waals surface area contributed by atoms with Crippen molar-refractivity contribution in [2.24, 2.45) is 0 Å². The molecule has 1 saturated carbocycles. The average Bonchev–Trinajstić information content (AvgIpc) is 2.47. The van der Waals surface area contributed by atoms with Crippen molar-refractivity contribution in [3.63, 3.8) is 0 Å². The summed E-state index contributed by atoms with van der Waals surface area (Å²) in [5.41, 5.74) is 0. The van der Waals surface area contributed by atoms with Gasteiger partial charge in [0.25, 0.3) is 0 Å². The van der Waals surface area contributed by atoms with Crippen LogP contribution in [0.1, 0.15) is 33.6 Å². The van der Waals surface area contributed by atoms with E-state index in [0.717, 1.165) is 19.4 Å². The number of hydrogen-bond acceptors (Lipinski definition) is 2. The van der Waals surface area contributed by atoms with Crippen molar-refractivity contribution in [2.45, 2.75) is 45.5 Å². The van der Waals surface area contributed by atoms with E-state index in [1.54, 1.807) is 0 Å². The van der Waals surface area contributed by atoms with Gasteiger partial charge in [-0.2, -0.15) is 0 Å². The molecule has 2 nitrogen and oxygen atoms in total. The zero-order valence-corrected chi connectivity index (χ0v) is 7.02. The molecule has 0 bridgehead atoms. The van der Waals surface area contributed by atoms with Crippen LogP contribution in [0.4, 0.5) is 0 Å². The Morgan fingerprint density at radius 1 is 1.40 bits per heavy atom. The van der Waals surface area contributed by atoms with E-state index >= 15 is 0 Å². The second kappa shape index (κ2) is 2.89. The van der Waals surface area contributed by atoms with Crippen LogP contribution in [-0.4, -0.2) is 18.5 Å². The molecule has 0 aliphatic heterocycles. The summed E-state index contributed by atoms with van der Waals surface area (Å²) in [7, 11) is 0. The Kier molecular flexibility index (Phi) is 2.32. The van der Waals surface area contributed by atoms with Crippen LogP contribution < -0.4 is 0 Å². The number of hydrogen-bond donors (Lipinski definition) is 0. The van der Waals surface area contributed by atoms with E-state index in [2.05, 4.69) is 0 Å². The van der Waals surface area contributed by atoms with Crippen molar-refractivity contribution in [3.05, 3.63) is 0 Å². The Hall–Kier alpha value is -0.0800. The third-order valence-electron chi connectivity index (χ3n) is 1.52. The first-order valence-electron chi connectivity index (χ1n) is 4.00. The fourth-order valence-electron chi connectivity index (χ4n) is 1.09. The Morgan fingerprint density at radius 3 is 2.30 bits per heavy atom. The molecular weight excluding hydrogens is 128 g/mol. The van der Waals surface area contributed by atoms with Crippen LogP contribution in [0.2, 0.25) is 0 Å². The minimum absolute atomic E-state index is 0.178. The van der Waals surface area contributed by atoms with E-state index in [4.69, 9.17) is 9.47 Å². The fraction of sp³-hybridized carbons (Fsp3) is 1.00. The Bertz CT molecular complexity index is 106. The molecule has 0 saturated heterocycles. The molecule has 1 aliphatic carbocycles. The van der Waals surface area contributed by atoms with Crippen molar-refractivity contribution < 1.29 is 9.47 Å². The first-order valence-corrected chi connectivity index (χ1v) is 4.00. The first kappa shape index (κ1) is 8.02. The van der Waals surface area contributed by atoms with Crippen molar-refractivity contribution >= 4 is 0 Å². The summed E-state index contributed by atoms with van der Waals surface area (Å²) >= 11 is 0. The van der Waals surface area contributed by atoms with E-state index < -0.39 is 0 Å². The van der Waals surface area contributed by atoms with Gasteiger partial charge in [0.05, 0.1) is 6.10 Å². The summed E-state index contributed by atoms with van der Waals surface area (Å²) < 4.78 is 11.0. The third kappa shape index (κ3) is 1.96. The molecule has 0 amide bonds. The molecule has 10 heavy (non-hydrogen) atoms. The topological polar surface area (TPSA) is 18.5 Å². The fourth-order valence-corrected chi connectivity index (χ4v) is 1.09. The smallest absolute Gasteiger partial charge is 0.169 e. The Balaban J connectivity index is 2.23. The van der Waals surface area contributed by atoms with E-state index in [1.165, 1.54) is 0 Å². The molecule has 0 unspecified atom stereocenters. The normalized spacial score (nSPS) is 21.6. The minimum atomic E-state index is -0.178. The van der Waals surface area contributed by atoms with E-state index in [-0.39, 0.29) is 11.9 Å². The lowest BCUT2D eigenvalue weighted by molar-refractivity contribution is -0.183. The van der Waals surface area contributed by atoms with Gasteiger partial charge in [-0.05, 0) is 20.8 Å². The molecule has 1 aliphatic rings. The lowest BCUT2D eigenvalue weighted by Gasteiger charge is -2.18. The van der Waals surface area contributed by atoms with Crippen LogP contribution in [-0.2, 0) is 9.47 Å². The highest BCUT2D eigenvalue weighted by Gasteiger charge is 2.45. The average molecular weight is 144 g/mol. The molecule has 0 aromatic heterocycles. The van der Waals surface area contributed by atoms with Gasteiger partial charge in [0.2, 0.25) is 0 Å². The molecule has 1 fully saturated rings. The van der Waals surface area contributed by atoms with Crippen molar-refractivity contribution in [2.75, 3.05) is 6.61 Å². The summed E-state index contributed by atoms with van der Waals surface area (Å²) in [6.07, 6.45) is 2.42. The maximum absolute atomic E-state index is 5.57. The van der Waals surface area contributed by atoms with E-state index in [1.807, 2.05) is 20.8 Å². The van der Waals surface area contributed by atoms with E-state index in [9.17, 15) is 0 Å². The monoisotopic (exact) mass is 144 g/mol. The van der Waals surface area contributed by atoms with Crippen molar-refractivity contribution in [1.82, 2.24) is 0 Å². The predicted molar refractivity (Wildman–Crippen MR) is 39.8 cm³/mol. The van der Waals surface area contributed by atoms with Crippen molar-refractivity contribution in [3.8, 4) is 0 Å². The summed E-state index contributed by atoms with van der Waals surface area (Å²) in [4.78, 5) is 0. The SMILES string of the molecule is CCOC1(OC(C)C)CC1. The third-order valence-corrected chi connectivity index (χ3v) is 1.52. The molecule has 60 valence electrons. The van der Waals surface area contributed by atoms with Crippen LogP contribution in [0.5, 0.6) is 0 Å². The molecule has 0 radical (unpaired) electrons. The van der Waals surface area contributed by atoms with Gasteiger partial charge in [-0.15, -0.1) is 0 Å². The van der Waals surface area contributed by atoms with Crippen LogP contribution in [0.25, 0.3) is 0 Å². The van der Waals surface area contributed by atoms with Gasteiger partial charge < -0.3 is 9.47 Å². The molecule has 0 atom stereocenters. The Labute approximate surface area is 62.5 Å². The van der Waals surface area contributed by atoms with Crippen LogP contribution in [0.3, 0.4) is 0 Å². The van der Waals surface area contributed by atoms with Gasteiger partial charge in [0, 0.05) is 19.4 Å². The van der Waals surface area contributed by atoms with Gasteiger partial charge in [0.15, 0.2) is 5.79 Å². The molecule has 2 heteroatoms. The highest BCUT2D eigenvalue weighted by atomic mass is 16.7. The molecule has 0 N–H and O–H groups in total. The molecular formula is C8H16O2. The van der Waals surface area contributed by atoms with Crippen LogP contribution in [0.15, 0.2) is 0 Å².